The third kappa shape index (κ3) is 6.41. The lowest BCUT2D eigenvalue weighted by molar-refractivity contribution is 0.218. The van der Waals surface area contributed by atoms with Crippen LogP contribution >= 0.6 is 0 Å². The lowest BCUT2D eigenvalue weighted by Crippen LogP contribution is -2.37. The molecule has 1 unspecified atom stereocenters. The fourth-order valence-corrected chi connectivity index (χ4v) is 2.52. The Labute approximate surface area is 112 Å². The van der Waals surface area contributed by atoms with Crippen molar-refractivity contribution < 1.29 is 4.74 Å². The molecule has 106 valence electrons. The van der Waals surface area contributed by atoms with Crippen LogP contribution in [0.1, 0.15) is 71.1 Å². The fourth-order valence-electron chi connectivity index (χ4n) is 2.52. The first-order chi connectivity index (χ1) is 8.88. The van der Waals surface area contributed by atoms with E-state index in [-0.39, 0.29) is 0 Å². The quantitative estimate of drug-likeness (QED) is 0.355. The van der Waals surface area contributed by atoms with Crippen molar-refractivity contribution in [1.82, 2.24) is 5.43 Å². The summed E-state index contributed by atoms with van der Waals surface area (Å²) in [6.45, 7) is 3.12. The molecular weight excluding hydrogens is 224 g/mol. The van der Waals surface area contributed by atoms with Crippen LogP contribution in [-0.4, -0.2) is 12.6 Å². The molecule has 0 saturated heterocycles. The molecule has 0 aromatic heterocycles. The second-order valence-electron chi connectivity index (χ2n) is 5.30. The van der Waals surface area contributed by atoms with Gasteiger partial charge in [0.25, 0.3) is 0 Å². The minimum absolute atomic E-state index is 0.320. The highest BCUT2D eigenvalue weighted by molar-refractivity contribution is 5.09. The zero-order valence-corrected chi connectivity index (χ0v) is 11.9. The molecule has 0 aromatic carbocycles. The van der Waals surface area contributed by atoms with Gasteiger partial charge in [0, 0.05) is 6.04 Å². The summed E-state index contributed by atoms with van der Waals surface area (Å²) in [4.78, 5) is 0. The lowest BCUT2D eigenvalue weighted by Gasteiger charge is -2.22. The number of ether oxygens (including phenoxy) is 1. The van der Waals surface area contributed by atoms with Crippen LogP contribution in [0.25, 0.3) is 0 Å². The smallest absolute Gasteiger partial charge is 0.0876 e. The van der Waals surface area contributed by atoms with E-state index in [1.807, 2.05) is 6.26 Å². The minimum atomic E-state index is 0.320. The van der Waals surface area contributed by atoms with Crippen LogP contribution in [0.2, 0.25) is 0 Å². The largest absolute Gasteiger partial charge is 0.501 e. The second-order valence-corrected chi connectivity index (χ2v) is 5.30. The van der Waals surface area contributed by atoms with Crippen molar-refractivity contribution in [3.8, 4) is 0 Å². The van der Waals surface area contributed by atoms with Gasteiger partial charge in [0.1, 0.15) is 0 Å². The van der Waals surface area contributed by atoms with Gasteiger partial charge in [0.05, 0.1) is 12.9 Å². The van der Waals surface area contributed by atoms with Crippen molar-refractivity contribution in [2.45, 2.75) is 77.2 Å². The van der Waals surface area contributed by atoms with Gasteiger partial charge in [-0.1, -0.05) is 51.9 Å². The Balaban J connectivity index is 2.06. The highest BCUT2D eigenvalue weighted by Crippen LogP contribution is 2.19. The number of rotatable bonds is 10. The van der Waals surface area contributed by atoms with Crippen LogP contribution < -0.4 is 11.3 Å². The van der Waals surface area contributed by atoms with E-state index in [9.17, 15) is 0 Å². The van der Waals surface area contributed by atoms with E-state index in [4.69, 9.17) is 10.6 Å². The molecule has 1 aliphatic rings. The van der Waals surface area contributed by atoms with Crippen LogP contribution in [0.4, 0.5) is 0 Å². The molecule has 0 fully saturated rings. The molecule has 0 aromatic rings. The zero-order valence-electron chi connectivity index (χ0n) is 11.9. The summed E-state index contributed by atoms with van der Waals surface area (Å²) in [6.07, 6.45) is 14.8. The summed E-state index contributed by atoms with van der Waals surface area (Å²) >= 11 is 0. The molecule has 1 aliphatic heterocycles. The van der Waals surface area contributed by atoms with Crippen LogP contribution in [0.3, 0.4) is 0 Å². The summed E-state index contributed by atoms with van der Waals surface area (Å²) in [5, 5.41) is 0. The predicted molar refractivity (Wildman–Crippen MR) is 77.0 cm³/mol. The van der Waals surface area contributed by atoms with Gasteiger partial charge in [-0.3, -0.25) is 11.3 Å². The average Bonchev–Trinajstić information content (AvgIpc) is 2.43. The van der Waals surface area contributed by atoms with Crippen LogP contribution in [0.5, 0.6) is 0 Å². The highest BCUT2D eigenvalue weighted by atomic mass is 16.5. The van der Waals surface area contributed by atoms with Gasteiger partial charge < -0.3 is 4.74 Å². The summed E-state index contributed by atoms with van der Waals surface area (Å²) < 4.78 is 5.38. The molecule has 1 atom stereocenters. The Kier molecular flexibility index (Phi) is 8.96. The lowest BCUT2D eigenvalue weighted by atomic mass is 9.97. The maximum Gasteiger partial charge on any atom is 0.0876 e. The van der Waals surface area contributed by atoms with Gasteiger partial charge in [-0.05, 0) is 24.8 Å². The number of unbranched alkanes of at least 4 members (excludes halogenated alkanes) is 6. The summed E-state index contributed by atoms with van der Waals surface area (Å²) in [6, 6.07) is 0.320. The summed E-state index contributed by atoms with van der Waals surface area (Å²) in [5.74, 6) is 5.64. The first-order valence-electron chi connectivity index (χ1n) is 7.65. The summed E-state index contributed by atoms with van der Waals surface area (Å²) in [7, 11) is 0. The van der Waals surface area contributed by atoms with Crippen molar-refractivity contribution >= 4 is 0 Å². The molecule has 0 spiro atoms. The third-order valence-electron chi connectivity index (χ3n) is 3.71. The number of hydrogen-bond acceptors (Lipinski definition) is 3. The molecule has 1 heterocycles. The monoisotopic (exact) mass is 254 g/mol. The molecule has 1 rings (SSSR count). The predicted octanol–water partition coefficient (Wildman–Crippen LogP) is 3.65. The number of nitrogens with one attached hydrogen (secondary N) is 1. The topological polar surface area (TPSA) is 47.3 Å². The van der Waals surface area contributed by atoms with Gasteiger partial charge in [-0.15, -0.1) is 0 Å². The van der Waals surface area contributed by atoms with Gasteiger partial charge in [-0.2, -0.15) is 0 Å². The molecule has 18 heavy (non-hydrogen) atoms. The van der Waals surface area contributed by atoms with Crippen LogP contribution in [-0.2, 0) is 4.74 Å². The average molecular weight is 254 g/mol. The highest BCUT2D eigenvalue weighted by Gasteiger charge is 2.15. The maximum absolute atomic E-state index is 5.64. The molecule has 0 radical (unpaired) electrons. The molecule has 0 aliphatic carbocycles. The zero-order chi connectivity index (χ0) is 13.1. The first-order valence-corrected chi connectivity index (χ1v) is 7.65. The SMILES string of the molecule is CCCCCCCCCC(NN)C1=COCCC1. The number of hydrogen-bond donors (Lipinski definition) is 2. The van der Waals surface area contributed by atoms with Crippen molar-refractivity contribution in [3.05, 3.63) is 11.8 Å². The van der Waals surface area contributed by atoms with E-state index < -0.39 is 0 Å². The Bertz CT molecular complexity index is 229. The van der Waals surface area contributed by atoms with Gasteiger partial charge >= 0.3 is 0 Å². The molecule has 0 saturated carbocycles. The van der Waals surface area contributed by atoms with Gasteiger partial charge in [0.15, 0.2) is 0 Å². The number of nitrogens with two attached hydrogens (primary N) is 1. The van der Waals surface area contributed by atoms with Gasteiger partial charge in [0.2, 0.25) is 0 Å². The van der Waals surface area contributed by atoms with Crippen molar-refractivity contribution in [1.29, 1.82) is 0 Å². The van der Waals surface area contributed by atoms with Crippen LogP contribution in [0, 0.1) is 0 Å². The van der Waals surface area contributed by atoms with E-state index in [2.05, 4.69) is 12.3 Å². The standard InChI is InChI=1S/C15H30N2O/c1-2-3-4-5-6-7-8-11-15(17-16)14-10-9-12-18-13-14/h13,15,17H,2-12,16H2,1H3. The van der Waals surface area contributed by atoms with Crippen molar-refractivity contribution in [2.24, 2.45) is 5.84 Å². The molecular formula is C15H30N2O. The van der Waals surface area contributed by atoms with E-state index >= 15 is 0 Å². The van der Waals surface area contributed by atoms with Crippen molar-refractivity contribution in [2.75, 3.05) is 6.61 Å². The molecule has 0 bridgehead atoms. The Morgan fingerprint density at radius 1 is 1.22 bits per heavy atom. The van der Waals surface area contributed by atoms with E-state index in [1.165, 1.54) is 50.5 Å². The van der Waals surface area contributed by atoms with Crippen LogP contribution in [0.15, 0.2) is 11.8 Å². The Hall–Kier alpha value is -0.540. The second kappa shape index (κ2) is 10.4. The van der Waals surface area contributed by atoms with E-state index in [0.717, 1.165) is 25.9 Å². The van der Waals surface area contributed by atoms with E-state index in [1.54, 1.807) is 0 Å². The molecule has 0 amide bonds. The number of hydrazine groups is 1. The first kappa shape index (κ1) is 15.5. The van der Waals surface area contributed by atoms with Gasteiger partial charge in [-0.25, -0.2) is 0 Å². The Morgan fingerprint density at radius 3 is 2.56 bits per heavy atom. The molecule has 3 heteroatoms. The Morgan fingerprint density at radius 2 is 1.94 bits per heavy atom. The van der Waals surface area contributed by atoms with Crippen molar-refractivity contribution in [3.63, 3.8) is 0 Å². The maximum atomic E-state index is 5.64. The fraction of sp³-hybridized carbons (Fsp3) is 0.867. The summed E-state index contributed by atoms with van der Waals surface area (Å²) in [5.41, 5.74) is 4.28. The molecule has 3 N–H and O–H groups in total. The minimum Gasteiger partial charge on any atom is -0.501 e. The van der Waals surface area contributed by atoms with E-state index in [0.29, 0.717) is 6.04 Å². The molecule has 3 nitrogen and oxygen atoms in total. The third-order valence-corrected chi connectivity index (χ3v) is 3.71. The normalized spacial score (nSPS) is 17.1.